The molecule has 2 saturated heterocycles. The number of likely N-dealkylation sites (N-methyl/N-ethyl adjacent to an activating group) is 2. The van der Waals surface area contributed by atoms with E-state index in [4.69, 9.17) is 13.6 Å². The lowest BCUT2D eigenvalue weighted by molar-refractivity contribution is -0.898. The van der Waals surface area contributed by atoms with Gasteiger partial charge in [0.1, 0.15) is 32.1 Å². The van der Waals surface area contributed by atoms with Gasteiger partial charge in [0.05, 0.1) is 40.3 Å². The second-order valence-electron chi connectivity index (χ2n) is 8.51. The van der Waals surface area contributed by atoms with Crippen molar-refractivity contribution in [1.82, 2.24) is 0 Å². The molecule has 2 fully saturated rings. The molecule has 27 heavy (non-hydrogen) atoms. The molecule has 0 radical (unpaired) electrons. The van der Waals surface area contributed by atoms with E-state index in [1.54, 1.807) is 12.1 Å². The fourth-order valence-electron chi connectivity index (χ4n) is 4.09. The summed E-state index contributed by atoms with van der Waals surface area (Å²) in [4.78, 5) is 0. The topological polar surface area (TPSA) is 44.8 Å². The zero-order valence-electron chi connectivity index (χ0n) is 16.8. The van der Waals surface area contributed by atoms with E-state index in [9.17, 15) is 4.57 Å². The number of phosphoric ester groups is 1. The largest absolute Gasteiger partial charge is 0.530 e. The minimum atomic E-state index is -3.63. The quantitative estimate of drug-likeness (QED) is 0.445. The zero-order valence-corrected chi connectivity index (χ0v) is 17.7. The molecule has 3 rings (SSSR count). The van der Waals surface area contributed by atoms with Crippen molar-refractivity contribution in [3.63, 3.8) is 0 Å². The molecule has 0 atom stereocenters. The van der Waals surface area contributed by atoms with Gasteiger partial charge in [0.15, 0.2) is 0 Å². The van der Waals surface area contributed by atoms with Crippen molar-refractivity contribution >= 4 is 7.82 Å². The van der Waals surface area contributed by atoms with E-state index < -0.39 is 7.82 Å². The van der Waals surface area contributed by atoms with Gasteiger partial charge in [0, 0.05) is 25.7 Å². The van der Waals surface area contributed by atoms with E-state index in [1.807, 2.05) is 18.2 Å². The maximum atomic E-state index is 13.3. The van der Waals surface area contributed by atoms with Crippen molar-refractivity contribution in [1.29, 1.82) is 0 Å². The van der Waals surface area contributed by atoms with E-state index in [0.717, 1.165) is 48.2 Å². The van der Waals surface area contributed by atoms with Crippen LogP contribution >= 0.6 is 7.82 Å². The Kier molecular flexibility index (Phi) is 6.98. The fraction of sp³-hybridized carbons (Fsp3) is 0.700. The molecule has 0 aliphatic carbocycles. The van der Waals surface area contributed by atoms with Crippen molar-refractivity contribution in [3.05, 3.63) is 30.3 Å². The van der Waals surface area contributed by atoms with Crippen LogP contribution in [0.5, 0.6) is 5.75 Å². The molecule has 0 bridgehead atoms. The first-order chi connectivity index (χ1) is 12.9. The Labute approximate surface area is 163 Å². The van der Waals surface area contributed by atoms with Crippen LogP contribution in [0.3, 0.4) is 0 Å². The molecule has 2 aliphatic rings. The molecule has 0 saturated carbocycles. The molecule has 2 heterocycles. The number of nitrogens with zero attached hydrogens (tertiary/aromatic N) is 2. The number of hydrogen-bond donors (Lipinski definition) is 0. The van der Waals surface area contributed by atoms with Crippen molar-refractivity contribution in [2.45, 2.75) is 25.7 Å². The highest BCUT2D eigenvalue weighted by atomic mass is 31.2. The van der Waals surface area contributed by atoms with Crippen molar-refractivity contribution < 1.29 is 27.1 Å². The Morgan fingerprint density at radius 3 is 1.70 bits per heavy atom. The van der Waals surface area contributed by atoms with Gasteiger partial charge in [-0.15, -0.1) is 0 Å². The van der Waals surface area contributed by atoms with Gasteiger partial charge in [0.2, 0.25) is 0 Å². The Balaban J connectivity index is 1.56. The molecule has 0 amide bonds. The zero-order chi connectivity index (χ0) is 19.2. The molecule has 1 aromatic rings. The van der Waals surface area contributed by atoms with Crippen LogP contribution < -0.4 is 4.52 Å². The third-order valence-corrected chi connectivity index (χ3v) is 7.45. The highest BCUT2D eigenvalue weighted by molar-refractivity contribution is 7.48. The Morgan fingerprint density at radius 1 is 0.815 bits per heavy atom. The minimum absolute atomic E-state index is 0.382. The van der Waals surface area contributed by atoms with Gasteiger partial charge in [0.25, 0.3) is 0 Å². The molecule has 2 aliphatic heterocycles. The summed E-state index contributed by atoms with van der Waals surface area (Å²) in [7, 11) is 0.835. The number of likely N-dealkylation sites (tertiary alicyclic amines) is 2. The first-order valence-electron chi connectivity index (χ1n) is 10.2. The van der Waals surface area contributed by atoms with Crippen LogP contribution in [0.25, 0.3) is 0 Å². The summed E-state index contributed by atoms with van der Waals surface area (Å²) < 4.78 is 32.4. The average Bonchev–Trinajstić information content (AvgIpc) is 3.25. The van der Waals surface area contributed by atoms with E-state index in [1.165, 1.54) is 25.7 Å². The highest BCUT2D eigenvalue weighted by Gasteiger charge is 2.34. The molecule has 1 aromatic carbocycles. The van der Waals surface area contributed by atoms with Crippen molar-refractivity contribution in [2.24, 2.45) is 0 Å². The number of phosphoric acid groups is 1. The fourth-order valence-corrected chi connectivity index (χ4v) is 5.26. The van der Waals surface area contributed by atoms with Gasteiger partial charge in [-0.3, -0.25) is 9.05 Å². The first-order valence-corrected chi connectivity index (χ1v) is 11.7. The lowest BCUT2D eigenvalue weighted by atomic mass is 10.3. The van der Waals surface area contributed by atoms with Crippen molar-refractivity contribution in [2.75, 3.05) is 66.6 Å². The summed E-state index contributed by atoms with van der Waals surface area (Å²) in [5, 5.41) is 0. The summed E-state index contributed by atoms with van der Waals surface area (Å²) in [5.74, 6) is 0.518. The summed E-state index contributed by atoms with van der Waals surface area (Å²) in [6, 6.07) is 9.17. The van der Waals surface area contributed by atoms with Crippen LogP contribution in [0.1, 0.15) is 25.7 Å². The molecule has 7 heteroatoms. The lowest BCUT2D eigenvalue weighted by Crippen LogP contribution is -2.43. The predicted molar refractivity (Wildman–Crippen MR) is 107 cm³/mol. The first kappa shape index (κ1) is 20.8. The SMILES string of the molecule is C[N+]1(CCOP(=O)(OCC[N+]2(C)CCCC2)Oc2ccccc2)CCCC1. The number of para-hydroxylation sites is 1. The number of hydrogen-bond acceptors (Lipinski definition) is 4. The van der Waals surface area contributed by atoms with Crippen LogP contribution in [0.4, 0.5) is 0 Å². The van der Waals surface area contributed by atoms with E-state index in [-0.39, 0.29) is 0 Å². The average molecular weight is 398 g/mol. The number of quaternary nitrogens is 2. The second-order valence-corrected chi connectivity index (χ2v) is 10.1. The molecule has 152 valence electrons. The Morgan fingerprint density at radius 2 is 1.26 bits per heavy atom. The molecule has 6 nitrogen and oxygen atoms in total. The van der Waals surface area contributed by atoms with E-state index in [2.05, 4.69) is 14.1 Å². The van der Waals surface area contributed by atoms with Gasteiger partial charge >= 0.3 is 7.82 Å². The number of benzene rings is 1. The van der Waals surface area contributed by atoms with Gasteiger partial charge in [-0.05, 0) is 12.1 Å². The number of rotatable bonds is 10. The van der Waals surface area contributed by atoms with E-state index in [0.29, 0.717) is 19.0 Å². The Bertz CT molecular complexity index is 596. The molecule has 0 spiro atoms. The van der Waals surface area contributed by atoms with Crippen LogP contribution in [-0.2, 0) is 13.6 Å². The van der Waals surface area contributed by atoms with Crippen LogP contribution in [-0.4, -0.2) is 75.5 Å². The third kappa shape index (κ3) is 6.30. The van der Waals surface area contributed by atoms with Gasteiger partial charge in [-0.25, -0.2) is 4.57 Å². The highest BCUT2D eigenvalue weighted by Crippen LogP contribution is 2.49. The smallest absolute Gasteiger partial charge is 0.404 e. The maximum absolute atomic E-state index is 13.3. The molecule has 0 aromatic heterocycles. The van der Waals surface area contributed by atoms with Gasteiger partial charge < -0.3 is 13.5 Å². The lowest BCUT2D eigenvalue weighted by Gasteiger charge is -2.30. The van der Waals surface area contributed by atoms with Crippen LogP contribution in [0.15, 0.2) is 30.3 Å². The predicted octanol–water partition coefficient (Wildman–Crippen LogP) is 3.69. The Hall–Kier alpha value is -0.910. The van der Waals surface area contributed by atoms with Gasteiger partial charge in [-0.2, -0.15) is 0 Å². The standard InChI is InChI=1S/C20H35N2O4P/c1-21(12-6-7-13-21)16-18-24-27(23,26-20-10-4-3-5-11-20)25-19-17-22(2)14-8-9-15-22/h3-5,10-11H,6-9,12-19H2,1-2H3/q+2. The molecular formula is C20H35N2O4P+2. The summed E-state index contributed by atoms with van der Waals surface area (Å²) in [6.07, 6.45) is 5.01. The van der Waals surface area contributed by atoms with Crippen LogP contribution in [0.2, 0.25) is 0 Å². The van der Waals surface area contributed by atoms with Gasteiger partial charge in [-0.1, -0.05) is 18.2 Å². The monoisotopic (exact) mass is 398 g/mol. The van der Waals surface area contributed by atoms with Crippen molar-refractivity contribution in [3.8, 4) is 5.75 Å². The maximum Gasteiger partial charge on any atom is 0.530 e. The molecular weight excluding hydrogens is 363 g/mol. The molecule has 0 unspecified atom stereocenters. The summed E-state index contributed by atoms with van der Waals surface area (Å²) in [5.41, 5.74) is 0. The second kappa shape index (κ2) is 9.06. The normalized spacial score (nSPS) is 21.4. The van der Waals surface area contributed by atoms with Crippen LogP contribution in [0, 0.1) is 0 Å². The molecule has 0 N–H and O–H groups in total. The summed E-state index contributed by atoms with van der Waals surface area (Å²) in [6.45, 7) is 7.06. The van der Waals surface area contributed by atoms with E-state index >= 15 is 0 Å². The minimum Gasteiger partial charge on any atom is -0.404 e. The summed E-state index contributed by atoms with van der Waals surface area (Å²) >= 11 is 0. The third-order valence-electron chi connectivity index (χ3n) is 6.01.